The van der Waals surface area contributed by atoms with Gasteiger partial charge in [-0.1, -0.05) is 6.92 Å². The molecule has 0 radical (unpaired) electrons. The Kier molecular flexibility index (Phi) is 4.32. The van der Waals surface area contributed by atoms with Crippen molar-refractivity contribution in [2.45, 2.75) is 32.9 Å². The Hall–Kier alpha value is -1.34. The first kappa shape index (κ1) is 11.7. The molecule has 4 heteroatoms. The van der Waals surface area contributed by atoms with E-state index in [1.54, 1.807) is 0 Å². The van der Waals surface area contributed by atoms with Gasteiger partial charge in [-0.3, -0.25) is 9.58 Å². The fraction of sp³-hybridized carbons (Fsp3) is 0.636. The third-order valence-electron chi connectivity index (χ3n) is 2.48. The van der Waals surface area contributed by atoms with Gasteiger partial charge in [-0.15, -0.1) is 0 Å². The van der Waals surface area contributed by atoms with E-state index in [1.807, 2.05) is 28.9 Å². The van der Waals surface area contributed by atoms with Crippen LogP contribution in [0.1, 0.15) is 32.0 Å². The summed E-state index contributed by atoms with van der Waals surface area (Å²) in [4.78, 5) is 1.95. The quantitative estimate of drug-likeness (QED) is 0.690. The van der Waals surface area contributed by atoms with Crippen molar-refractivity contribution in [2.24, 2.45) is 0 Å². The van der Waals surface area contributed by atoms with E-state index >= 15 is 0 Å². The van der Waals surface area contributed by atoms with Gasteiger partial charge >= 0.3 is 0 Å². The second-order valence-electron chi connectivity index (χ2n) is 3.87. The Morgan fingerprint density at radius 2 is 2.40 bits per heavy atom. The maximum absolute atomic E-state index is 8.53. The number of rotatable bonds is 5. The van der Waals surface area contributed by atoms with E-state index in [0.717, 1.165) is 18.7 Å². The van der Waals surface area contributed by atoms with Gasteiger partial charge in [0, 0.05) is 18.8 Å². The molecule has 82 valence electrons. The molecule has 0 aliphatic rings. The SMILES string of the molecule is CCC(C)n1ccc(CN(C)CC#N)n1. The minimum atomic E-state index is 0.441. The summed E-state index contributed by atoms with van der Waals surface area (Å²) in [6.45, 7) is 5.47. The molecule has 4 nitrogen and oxygen atoms in total. The van der Waals surface area contributed by atoms with E-state index < -0.39 is 0 Å². The Morgan fingerprint density at radius 3 is 3.00 bits per heavy atom. The van der Waals surface area contributed by atoms with Crippen molar-refractivity contribution in [3.05, 3.63) is 18.0 Å². The molecule has 1 heterocycles. The molecule has 0 N–H and O–H groups in total. The maximum Gasteiger partial charge on any atom is 0.0866 e. The predicted molar refractivity (Wildman–Crippen MR) is 59.2 cm³/mol. The van der Waals surface area contributed by atoms with E-state index in [0.29, 0.717) is 12.6 Å². The zero-order valence-corrected chi connectivity index (χ0v) is 9.64. The standard InChI is InChI=1S/C11H18N4/c1-4-10(2)15-7-5-11(13-15)9-14(3)8-6-12/h5,7,10H,4,8-9H2,1-3H3. The summed E-state index contributed by atoms with van der Waals surface area (Å²) in [7, 11) is 1.92. The molecule has 1 rings (SSSR count). The van der Waals surface area contributed by atoms with Gasteiger partial charge in [0.2, 0.25) is 0 Å². The van der Waals surface area contributed by atoms with Crippen molar-refractivity contribution in [2.75, 3.05) is 13.6 Å². The van der Waals surface area contributed by atoms with Crippen molar-refractivity contribution < 1.29 is 0 Å². The molecule has 0 spiro atoms. The highest BCUT2D eigenvalue weighted by Crippen LogP contribution is 2.09. The van der Waals surface area contributed by atoms with Crippen LogP contribution >= 0.6 is 0 Å². The van der Waals surface area contributed by atoms with E-state index in [9.17, 15) is 0 Å². The Bertz CT molecular complexity index is 337. The highest BCUT2D eigenvalue weighted by Gasteiger charge is 2.06. The van der Waals surface area contributed by atoms with E-state index in [-0.39, 0.29) is 0 Å². The second kappa shape index (κ2) is 5.52. The molecule has 1 unspecified atom stereocenters. The number of nitriles is 1. The summed E-state index contributed by atoms with van der Waals surface area (Å²) in [6.07, 6.45) is 3.08. The van der Waals surface area contributed by atoms with E-state index in [1.165, 1.54) is 0 Å². The van der Waals surface area contributed by atoms with Crippen molar-refractivity contribution in [3.63, 3.8) is 0 Å². The molecular weight excluding hydrogens is 188 g/mol. The number of hydrogen-bond acceptors (Lipinski definition) is 3. The third-order valence-corrected chi connectivity index (χ3v) is 2.48. The molecule has 0 bridgehead atoms. The average molecular weight is 206 g/mol. The molecule has 0 saturated carbocycles. The smallest absolute Gasteiger partial charge is 0.0866 e. The van der Waals surface area contributed by atoms with Crippen LogP contribution in [0.15, 0.2) is 12.3 Å². The van der Waals surface area contributed by atoms with Crippen LogP contribution in [0.2, 0.25) is 0 Å². The van der Waals surface area contributed by atoms with Gasteiger partial charge in [-0.25, -0.2) is 0 Å². The largest absolute Gasteiger partial charge is 0.288 e. The first-order chi connectivity index (χ1) is 7.17. The molecule has 15 heavy (non-hydrogen) atoms. The van der Waals surface area contributed by atoms with Crippen LogP contribution in [0.4, 0.5) is 0 Å². The summed E-state index contributed by atoms with van der Waals surface area (Å²) in [5.41, 5.74) is 1.02. The molecule has 0 aromatic carbocycles. The highest BCUT2D eigenvalue weighted by molar-refractivity contribution is 4.99. The first-order valence-electron chi connectivity index (χ1n) is 5.27. The summed E-state index contributed by atoms with van der Waals surface area (Å²) in [6, 6.07) is 4.58. The van der Waals surface area contributed by atoms with E-state index in [4.69, 9.17) is 5.26 Å². The fourth-order valence-corrected chi connectivity index (χ4v) is 1.35. The molecule has 0 saturated heterocycles. The molecule has 1 aromatic heterocycles. The highest BCUT2D eigenvalue weighted by atomic mass is 15.3. The Balaban J connectivity index is 2.57. The zero-order valence-electron chi connectivity index (χ0n) is 9.64. The molecule has 0 fully saturated rings. The van der Waals surface area contributed by atoms with Crippen LogP contribution < -0.4 is 0 Å². The van der Waals surface area contributed by atoms with Gasteiger partial charge in [0.05, 0.1) is 18.3 Å². The van der Waals surface area contributed by atoms with Gasteiger partial charge in [-0.2, -0.15) is 10.4 Å². The van der Waals surface area contributed by atoms with Crippen LogP contribution in [0.3, 0.4) is 0 Å². The number of nitrogens with zero attached hydrogens (tertiary/aromatic N) is 4. The lowest BCUT2D eigenvalue weighted by molar-refractivity contribution is 0.357. The maximum atomic E-state index is 8.53. The molecule has 0 aliphatic heterocycles. The summed E-state index contributed by atoms with van der Waals surface area (Å²) in [5.74, 6) is 0. The van der Waals surface area contributed by atoms with Crippen molar-refractivity contribution in [1.29, 1.82) is 5.26 Å². The van der Waals surface area contributed by atoms with Crippen LogP contribution in [0, 0.1) is 11.3 Å². The lowest BCUT2D eigenvalue weighted by Crippen LogP contribution is -2.18. The van der Waals surface area contributed by atoms with Crippen LogP contribution in [-0.4, -0.2) is 28.3 Å². The van der Waals surface area contributed by atoms with Crippen LogP contribution in [-0.2, 0) is 6.54 Å². The fourth-order valence-electron chi connectivity index (χ4n) is 1.35. The van der Waals surface area contributed by atoms with Gasteiger partial charge in [-0.05, 0) is 26.5 Å². The average Bonchev–Trinajstić information content (AvgIpc) is 2.65. The lowest BCUT2D eigenvalue weighted by atomic mass is 10.3. The lowest BCUT2D eigenvalue weighted by Gasteiger charge is -2.11. The minimum Gasteiger partial charge on any atom is -0.288 e. The van der Waals surface area contributed by atoms with Gasteiger partial charge in [0.25, 0.3) is 0 Å². The van der Waals surface area contributed by atoms with E-state index in [2.05, 4.69) is 25.0 Å². The summed E-state index contributed by atoms with van der Waals surface area (Å²) >= 11 is 0. The second-order valence-corrected chi connectivity index (χ2v) is 3.87. The normalized spacial score (nSPS) is 12.7. The zero-order chi connectivity index (χ0) is 11.3. The van der Waals surface area contributed by atoms with Crippen LogP contribution in [0.25, 0.3) is 0 Å². The minimum absolute atomic E-state index is 0.441. The molecular formula is C11H18N4. The summed E-state index contributed by atoms with van der Waals surface area (Å²) in [5, 5.41) is 13.0. The predicted octanol–water partition coefficient (Wildman–Crippen LogP) is 1.81. The number of aromatic nitrogens is 2. The molecule has 1 aromatic rings. The van der Waals surface area contributed by atoms with Crippen molar-refractivity contribution in [1.82, 2.24) is 14.7 Å². The third kappa shape index (κ3) is 3.37. The topological polar surface area (TPSA) is 44.9 Å². The van der Waals surface area contributed by atoms with Gasteiger partial charge in [0.1, 0.15) is 0 Å². The van der Waals surface area contributed by atoms with Crippen LogP contribution in [0.5, 0.6) is 0 Å². The van der Waals surface area contributed by atoms with Gasteiger partial charge < -0.3 is 0 Å². The Labute approximate surface area is 91.1 Å². The molecule has 0 amide bonds. The monoisotopic (exact) mass is 206 g/mol. The van der Waals surface area contributed by atoms with Crippen molar-refractivity contribution in [3.8, 4) is 6.07 Å². The van der Waals surface area contributed by atoms with Crippen molar-refractivity contribution >= 4 is 0 Å². The van der Waals surface area contributed by atoms with Gasteiger partial charge in [0.15, 0.2) is 0 Å². The molecule has 1 atom stereocenters. The first-order valence-corrected chi connectivity index (χ1v) is 5.27. The Morgan fingerprint density at radius 1 is 1.67 bits per heavy atom. The number of hydrogen-bond donors (Lipinski definition) is 0. The molecule has 0 aliphatic carbocycles. The summed E-state index contributed by atoms with van der Waals surface area (Å²) < 4.78 is 1.98.